The molecular weight excluding hydrogens is 300 g/mol. The second-order valence-corrected chi connectivity index (χ2v) is 4.66. The molecule has 0 radical (unpaired) electrons. The Balaban J connectivity index is 2.23. The Bertz CT molecular complexity index is 629. The first-order chi connectivity index (χ1) is 9.29. The zero-order valence-corrected chi connectivity index (χ0v) is 12.1. The second kappa shape index (κ2) is 6.82. The third-order valence-electron chi connectivity index (χ3n) is 2.56. The summed E-state index contributed by atoms with van der Waals surface area (Å²) in [4.78, 5) is 0. The van der Waals surface area contributed by atoms with Gasteiger partial charge in [0.1, 0.15) is 5.75 Å². The fraction of sp³-hybridized carbons (Fsp3) is 0.0588. The average molecular weight is 313 g/mol. The normalized spacial score (nSPS) is 9.16. The number of methoxy groups -OCH3 is 1. The molecule has 0 saturated carbocycles. The Morgan fingerprint density at radius 1 is 1.05 bits per heavy atom. The Morgan fingerprint density at radius 3 is 2.37 bits per heavy atom. The maximum absolute atomic E-state index is 5.11. The summed E-state index contributed by atoms with van der Waals surface area (Å²) in [6.07, 6.45) is 1.88. The van der Waals surface area contributed by atoms with Crippen molar-refractivity contribution in [1.82, 2.24) is 0 Å². The van der Waals surface area contributed by atoms with Crippen LogP contribution in [0.2, 0.25) is 0 Å². The van der Waals surface area contributed by atoms with E-state index in [0.29, 0.717) is 0 Å². The van der Waals surface area contributed by atoms with E-state index in [1.807, 2.05) is 60.7 Å². The smallest absolute Gasteiger partial charge is 0.118 e. The quantitative estimate of drug-likeness (QED) is 0.733. The number of ether oxygens (including phenoxy) is 1. The van der Waals surface area contributed by atoms with Crippen molar-refractivity contribution in [3.63, 3.8) is 0 Å². The lowest BCUT2D eigenvalue weighted by molar-refractivity contribution is 0.415. The van der Waals surface area contributed by atoms with E-state index in [4.69, 9.17) is 4.74 Å². The summed E-state index contributed by atoms with van der Waals surface area (Å²) < 4.78 is 6.00. The van der Waals surface area contributed by atoms with Gasteiger partial charge in [0, 0.05) is 0 Å². The van der Waals surface area contributed by atoms with Crippen LogP contribution in [0.3, 0.4) is 0 Å². The molecule has 0 saturated heterocycles. The van der Waals surface area contributed by atoms with Gasteiger partial charge >= 0.3 is 0 Å². The SMILES string of the molecule is COc1ccc(C=C=C=C(Br)c2ccccc2)cc1. The van der Waals surface area contributed by atoms with Gasteiger partial charge in [-0.15, -0.1) is 0 Å². The van der Waals surface area contributed by atoms with Crippen molar-refractivity contribution in [2.75, 3.05) is 7.11 Å². The lowest BCUT2D eigenvalue weighted by atomic mass is 10.2. The minimum atomic E-state index is 0.849. The first kappa shape index (κ1) is 13.5. The number of hydrogen-bond acceptors (Lipinski definition) is 1. The first-order valence-corrected chi connectivity index (χ1v) is 6.65. The van der Waals surface area contributed by atoms with Gasteiger partial charge in [0.15, 0.2) is 0 Å². The van der Waals surface area contributed by atoms with Crippen molar-refractivity contribution >= 4 is 26.5 Å². The summed E-state index contributed by atoms with van der Waals surface area (Å²) in [7, 11) is 1.66. The zero-order chi connectivity index (χ0) is 13.5. The van der Waals surface area contributed by atoms with Gasteiger partial charge in [0.2, 0.25) is 0 Å². The van der Waals surface area contributed by atoms with E-state index in [0.717, 1.165) is 21.4 Å². The van der Waals surface area contributed by atoms with Gasteiger partial charge in [-0.3, -0.25) is 0 Å². The lowest BCUT2D eigenvalue weighted by Gasteiger charge is -1.97. The first-order valence-electron chi connectivity index (χ1n) is 5.86. The molecule has 0 heterocycles. The Labute approximate surface area is 121 Å². The van der Waals surface area contributed by atoms with Crippen LogP contribution in [0.15, 0.2) is 66.1 Å². The lowest BCUT2D eigenvalue weighted by Crippen LogP contribution is -1.80. The zero-order valence-electron chi connectivity index (χ0n) is 10.6. The van der Waals surface area contributed by atoms with E-state index in [1.54, 1.807) is 7.11 Å². The van der Waals surface area contributed by atoms with E-state index < -0.39 is 0 Å². The molecule has 0 aliphatic heterocycles. The molecule has 0 amide bonds. The highest BCUT2D eigenvalue weighted by molar-refractivity contribution is 9.15. The highest BCUT2D eigenvalue weighted by atomic mass is 79.9. The topological polar surface area (TPSA) is 9.23 Å². The summed E-state index contributed by atoms with van der Waals surface area (Å²) in [5.41, 5.74) is 8.25. The molecule has 0 aliphatic rings. The van der Waals surface area contributed by atoms with E-state index >= 15 is 0 Å². The molecule has 94 valence electrons. The van der Waals surface area contributed by atoms with Crippen LogP contribution in [0, 0.1) is 0 Å². The van der Waals surface area contributed by atoms with Crippen LogP contribution in [0.1, 0.15) is 11.1 Å². The second-order valence-electron chi connectivity index (χ2n) is 3.87. The minimum absolute atomic E-state index is 0.849. The van der Waals surface area contributed by atoms with Crippen LogP contribution >= 0.6 is 15.9 Å². The fourth-order valence-corrected chi connectivity index (χ4v) is 1.92. The summed E-state index contributed by atoms with van der Waals surface area (Å²) in [5, 5.41) is 0. The van der Waals surface area contributed by atoms with Crippen molar-refractivity contribution in [1.29, 1.82) is 0 Å². The monoisotopic (exact) mass is 312 g/mol. The van der Waals surface area contributed by atoms with Crippen molar-refractivity contribution < 1.29 is 4.74 Å². The highest BCUT2D eigenvalue weighted by Gasteiger charge is 1.92. The van der Waals surface area contributed by atoms with Gasteiger partial charge in [-0.2, -0.15) is 0 Å². The predicted molar refractivity (Wildman–Crippen MR) is 83.3 cm³/mol. The largest absolute Gasteiger partial charge is 0.497 e. The van der Waals surface area contributed by atoms with Crippen molar-refractivity contribution in [2.45, 2.75) is 0 Å². The van der Waals surface area contributed by atoms with Crippen molar-refractivity contribution in [3.05, 3.63) is 77.2 Å². The Kier molecular flexibility index (Phi) is 4.83. The summed E-state index contributed by atoms with van der Waals surface area (Å²) >= 11 is 3.49. The van der Waals surface area contributed by atoms with Crippen LogP contribution in [0.4, 0.5) is 0 Å². The molecule has 0 atom stereocenters. The summed E-state index contributed by atoms with van der Waals surface area (Å²) in [5.74, 6) is 0.849. The highest BCUT2D eigenvalue weighted by Crippen LogP contribution is 2.18. The number of rotatable bonds is 3. The third kappa shape index (κ3) is 4.01. The number of benzene rings is 2. The van der Waals surface area contributed by atoms with Gasteiger partial charge < -0.3 is 4.74 Å². The molecular formula is C17H13BrO. The van der Waals surface area contributed by atoms with Crippen LogP contribution in [0.5, 0.6) is 5.75 Å². The number of halogens is 1. The van der Waals surface area contributed by atoms with E-state index in [1.165, 1.54) is 0 Å². The van der Waals surface area contributed by atoms with Gasteiger partial charge in [-0.05, 0) is 45.3 Å². The maximum atomic E-state index is 5.11. The molecule has 0 spiro atoms. The van der Waals surface area contributed by atoms with E-state index in [-0.39, 0.29) is 0 Å². The number of hydrogen-bond donors (Lipinski definition) is 0. The molecule has 19 heavy (non-hydrogen) atoms. The van der Waals surface area contributed by atoms with Gasteiger partial charge in [-0.1, -0.05) is 53.9 Å². The fourth-order valence-electron chi connectivity index (χ4n) is 1.54. The molecule has 2 heteroatoms. The van der Waals surface area contributed by atoms with Crippen LogP contribution in [-0.2, 0) is 0 Å². The molecule has 0 fully saturated rings. The molecule has 0 N–H and O–H groups in total. The van der Waals surface area contributed by atoms with Crippen LogP contribution in [0.25, 0.3) is 10.6 Å². The predicted octanol–water partition coefficient (Wildman–Crippen LogP) is 4.90. The van der Waals surface area contributed by atoms with Gasteiger partial charge in [0.25, 0.3) is 0 Å². The summed E-state index contributed by atoms with van der Waals surface area (Å²) in [6, 6.07) is 17.8. The maximum Gasteiger partial charge on any atom is 0.118 e. The van der Waals surface area contributed by atoms with Crippen LogP contribution < -0.4 is 4.74 Å². The Morgan fingerprint density at radius 2 is 1.74 bits per heavy atom. The van der Waals surface area contributed by atoms with E-state index in [2.05, 4.69) is 27.4 Å². The molecule has 0 aromatic heterocycles. The molecule has 0 bridgehead atoms. The van der Waals surface area contributed by atoms with Gasteiger partial charge in [-0.25, -0.2) is 0 Å². The molecule has 0 aliphatic carbocycles. The Hall–Kier alpha value is -1.98. The molecule has 2 aromatic carbocycles. The third-order valence-corrected chi connectivity index (χ3v) is 3.22. The minimum Gasteiger partial charge on any atom is -0.497 e. The molecule has 2 rings (SSSR count). The molecule has 0 unspecified atom stereocenters. The van der Waals surface area contributed by atoms with Gasteiger partial charge in [0.05, 0.1) is 11.6 Å². The molecule has 2 aromatic rings. The van der Waals surface area contributed by atoms with Crippen molar-refractivity contribution in [3.8, 4) is 5.75 Å². The summed E-state index contributed by atoms with van der Waals surface area (Å²) in [6.45, 7) is 0. The van der Waals surface area contributed by atoms with Crippen LogP contribution in [-0.4, -0.2) is 7.11 Å². The standard InChI is InChI=1S/C17H13BrO/c1-19-16-12-10-14(11-13-16)6-5-9-17(18)15-7-3-2-4-8-15/h2-4,6-8,10-13H,1H3. The van der Waals surface area contributed by atoms with Crippen molar-refractivity contribution in [2.24, 2.45) is 0 Å². The average Bonchev–Trinajstić information content (AvgIpc) is 2.49. The molecule has 1 nitrogen and oxygen atoms in total. The van der Waals surface area contributed by atoms with E-state index in [9.17, 15) is 0 Å².